The van der Waals surface area contributed by atoms with Crippen molar-refractivity contribution in [1.29, 1.82) is 0 Å². The topological polar surface area (TPSA) is 41.6 Å². The maximum absolute atomic E-state index is 12.2. The average molecular weight is 296 g/mol. The number of nitrogens with one attached hydrogen (secondary N) is 1. The fraction of sp³-hybridized carbons (Fsp3) is 0.941. The van der Waals surface area contributed by atoms with Gasteiger partial charge in [-0.3, -0.25) is 0 Å². The molecule has 21 heavy (non-hydrogen) atoms. The molecule has 1 aliphatic heterocycles. The molecule has 2 aliphatic rings. The largest absolute Gasteiger partial charge is 0.444 e. The molecule has 1 amide bonds. The lowest BCUT2D eigenvalue weighted by molar-refractivity contribution is 0.0185. The fourth-order valence-corrected chi connectivity index (χ4v) is 3.45. The Morgan fingerprint density at radius 2 is 1.76 bits per heavy atom. The summed E-state index contributed by atoms with van der Waals surface area (Å²) in [4.78, 5) is 14.0. The normalized spacial score (nSPS) is 28.3. The highest BCUT2D eigenvalue weighted by Gasteiger charge is 2.65. The summed E-state index contributed by atoms with van der Waals surface area (Å²) in [6.07, 6.45) is 2.01. The number of likely N-dealkylation sites (tertiary alicyclic amines) is 1. The Kier molecular flexibility index (Phi) is 4.07. The summed E-state index contributed by atoms with van der Waals surface area (Å²) in [5, 5.41) is 3.77. The molecule has 2 fully saturated rings. The van der Waals surface area contributed by atoms with Gasteiger partial charge < -0.3 is 15.0 Å². The highest BCUT2D eigenvalue weighted by molar-refractivity contribution is 5.68. The van der Waals surface area contributed by atoms with Crippen molar-refractivity contribution in [2.75, 3.05) is 13.1 Å². The average Bonchev–Trinajstić information content (AvgIpc) is 2.70. The quantitative estimate of drug-likeness (QED) is 0.849. The van der Waals surface area contributed by atoms with Crippen molar-refractivity contribution in [3.63, 3.8) is 0 Å². The molecule has 0 spiro atoms. The second-order valence-electron chi connectivity index (χ2n) is 8.81. The van der Waals surface area contributed by atoms with E-state index in [0.717, 1.165) is 25.9 Å². The number of ether oxygens (including phenoxy) is 1. The second kappa shape index (κ2) is 5.15. The highest BCUT2D eigenvalue weighted by atomic mass is 16.6. The van der Waals surface area contributed by atoms with E-state index in [2.05, 4.69) is 33.0 Å². The molecule has 1 atom stereocenters. The van der Waals surface area contributed by atoms with Gasteiger partial charge in [-0.2, -0.15) is 0 Å². The lowest BCUT2D eigenvalue weighted by Crippen LogP contribution is -2.50. The SMILES string of the molecule is CC(C)(C)OC(=O)N1CCCC(NC2C(C)(C)C2(C)C)C1. The molecule has 1 heterocycles. The smallest absolute Gasteiger partial charge is 0.410 e. The van der Waals surface area contributed by atoms with E-state index in [1.165, 1.54) is 0 Å². The predicted molar refractivity (Wildman–Crippen MR) is 85.3 cm³/mol. The summed E-state index contributed by atoms with van der Waals surface area (Å²) in [7, 11) is 0. The second-order valence-corrected chi connectivity index (χ2v) is 8.81. The Labute approximate surface area is 129 Å². The lowest BCUT2D eigenvalue weighted by Gasteiger charge is -2.35. The summed E-state index contributed by atoms with van der Waals surface area (Å²) >= 11 is 0. The Morgan fingerprint density at radius 1 is 1.19 bits per heavy atom. The molecule has 1 saturated carbocycles. The van der Waals surface area contributed by atoms with Gasteiger partial charge in [-0.15, -0.1) is 0 Å². The Morgan fingerprint density at radius 3 is 2.24 bits per heavy atom. The molecule has 1 unspecified atom stereocenters. The van der Waals surface area contributed by atoms with E-state index in [1.807, 2.05) is 25.7 Å². The predicted octanol–water partition coefficient (Wildman–Crippen LogP) is 3.41. The van der Waals surface area contributed by atoms with Crippen molar-refractivity contribution in [3.05, 3.63) is 0 Å². The van der Waals surface area contributed by atoms with Crippen LogP contribution in [0.3, 0.4) is 0 Å². The van der Waals surface area contributed by atoms with Gasteiger partial charge in [0.2, 0.25) is 0 Å². The van der Waals surface area contributed by atoms with Crippen LogP contribution in [0.4, 0.5) is 4.79 Å². The van der Waals surface area contributed by atoms with Crippen molar-refractivity contribution in [3.8, 4) is 0 Å². The first-order chi connectivity index (χ1) is 9.45. The van der Waals surface area contributed by atoms with Gasteiger partial charge in [0, 0.05) is 25.2 Å². The molecule has 2 rings (SSSR count). The van der Waals surface area contributed by atoms with E-state index < -0.39 is 5.60 Å². The van der Waals surface area contributed by atoms with Gasteiger partial charge in [-0.25, -0.2) is 4.79 Å². The summed E-state index contributed by atoms with van der Waals surface area (Å²) in [6, 6.07) is 0.922. The fourth-order valence-electron chi connectivity index (χ4n) is 3.45. The van der Waals surface area contributed by atoms with Gasteiger partial charge in [-0.1, -0.05) is 27.7 Å². The van der Waals surface area contributed by atoms with Gasteiger partial charge in [-0.05, 0) is 44.4 Å². The van der Waals surface area contributed by atoms with Gasteiger partial charge in [0.25, 0.3) is 0 Å². The van der Waals surface area contributed by atoms with E-state index in [-0.39, 0.29) is 6.09 Å². The molecule has 0 aromatic heterocycles. The number of hydrogen-bond acceptors (Lipinski definition) is 3. The summed E-state index contributed by atoms with van der Waals surface area (Å²) in [5.41, 5.74) is 0.250. The molecular weight excluding hydrogens is 264 g/mol. The standard InChI is InChI=1S/C17H32N2O2/c1-15(2,3)21-14(20)19-10-8-9-12(11-19)18-13-16(4,5)17(13,6)7/h12-13,18H,8-11H2,1-7H3. The number of piperidine rings is 1. The first-order valence-electron chi connectivity index (χ1n) is 8.19. The van der Waals surface area contributed by atoms with Crippen molar-refractivity contribution in [2.24, 2.45) is 10.8 Å². The highest BCUT2D eigenvalue weighted by Crippen LogP contribution is 2.62. The van der Waals surface area contributed by atoms with Crippen LogP contribution in [0.15, 0.2) is 0 Å². The van der Waals surface area contributed by atoms with Crippen LogP contribution in [0.1, 0.15) is 61.3 Å². The molecule has 1 saturated heterocycles. The minimum absolute atomic E-state index is 0.177. The van der Waals surface area contributed by atoms with E-state index in [1.54, 1.807) is 0 Å². The molecule has 1 N–H and O–H groups in total. The molecule has 0 aromatic rings. The van der Waals surface area contributed by atoms with Crippen LogP contribution in [0.5, 0.6) is 0 Å². The van der Waals surface area contributed by atoms with Gasteiger partial charge in [0.05, 0.1) is 0 Å². The summed E-state index contributed by atoms with van der Waals surface area (Å²) < 4.78 is 5.49. The minimum atomic E-state index is -0.419. The van der Waals surface area contributed by atoms with E-state index in [9.17, 15) is 4.79 Å². The number of amides is 1. The van der Waals surface area contributed by atoms with Crippen LogP contribution in [0, 0.1) is 10.8 Å². The zero-order valence-electron chi connectivity index (χ0n) is 14.7. The number of carbonyl (C=O) groups excluding carboxylic acids is 1. The van der Waals surface area contributed by atoms with Crippen molar-refractivity contribution < 1.29 is 9.53 Å². The number of hydrogen-bond donors (Lipinski definition) is 1. The first kappa shape index (κ1) is 16.6. The molecule has 1 aliphatic carbocycles. The maximum atomic E-state index is 12.2. The number of carbonyl (C=O) groups is 1. The maximum Gasteiger partial charge on any atom is 0.410 e. The van der Waals surface area contributed by atoms with Crippen LogP contribution >= 0.6 is 0 Å². The first-order valence-corrected chi connectivity index (χ1v) is 8.19. The third-order valence-electron chi connectivity index (χ3n) is 5.50. The zero-order chi connectivity index (χ0) is 16.1. The molecule has 0 radical (unpaired) electrons. The van der Waals surface area contributed by atoms with Gasteiger partial charge >= 0.3 is 6.09 Å². The van der Waals surface area contributed by atoms with Crippen molar-refractivity contribution in [2.45, 2.75) is 79.0 Å². The van der Waals surface area contributed by atoms with Crippen molar-refractivity contribution >= 4 is 6.09 Å². The number of nitrogens with zero attached hydrogens (tertiary/aromatic N) is 1. The Hall–Kier alpha value is -0.770. The summed E-state index contributed by atoms with van der Waals surface area (Å²) in [6.45, 7) is 16.6. The van der Waals surface area contributed by atoms with Crippen LogP contribution in [-0.2, 0) is 4.74 Å². The molecule has 0 aromatic carbocycles. The zero-order valence-corrected chi connectivity index (χ0v) is 14.7. The van der Waals surface area contributed by atoms with Crippen LogP contribution in [0.25, 0.3) is 0 Å². The van der Waals surface area contributed by atoms with Crippen LogP contribution in [-0.4, -0.2) is 41.8 Å². The number of rotatable bonds is 2. The van der Waals surface area contributed by atoms with E-state index in [0.29, 0.717) is 22.9 Å². The minimum Gasteiger partial charge on any atom is -0.444 e. The Balaban J connectivity index is 1.89. The molecule has 4 heteroatoms. The molecule has 4 nitrogen and oxygen atoms in total. The van der Waals surface area contributed by atoms with Crippen LogP contribution < -0.4 is 5.32 Å². The third kappa shape index (κ3) is 3.36. The molecule has 122 valence electrons. The van der Waals surface area contributed by atoms with E-state index in [4.69, 9.17) is 4.74 Å². The summed E-state index contributed by atoms with van der Waals surface area (Å²) in [5.74, 6) is 0. The van der Waals surface area contributed by atoms with Gasteiger partial charge in [0.1, 0.15) is 5.60 Å². The van der Waals surface area contributed by atoms with Crippen LogP contribution in [0.2, 0.25) is 0 Å². The van der Waals surface area contributed by atoms with Gasteiger partial charge in [0.15, 0.2) is 0 Å². The third-order valence-corrected chi connectivity index (χ3v) is 5.50. The Bertz CT molecular complexity index is 396. The molecule has 0 bridgehead atoms. The van der Waals surface area contributed by atoms with Crippen molar-refractivity contribution in [1.82, 2.24) is 10.2 Å². The van der Waals surface area contributed by atoms with E-state index >= 15 is 0 Å². The molecular formula is C17H32N2O2. The monoisotopic (exact) mass is 296 g/mol. The lowest BCUT2D eigenvalue weighted by atomic mass is 10.0.